The number of amides is 1. The van der Waals surface area contributed by atoms with E-state index in [1.807, 2.05) is 0 Å². The van der Waals surface area contributed by atoms with E-state index in [1.54, 1.807) is 0 Å². The Bertz CT molecular complexity index is 241. The molecule has 2 aliphatic carbocycles. The Hall–Kier alpha value is -0.570. The Labute approximate surface area is 105 Å². The molecule has 0 bridgehead atoms. The van der Waals surface area contributed by atoms with E-state index in [0.717, 1.165) is 38.1 Å². The fourth-order valence-corrected chi connectivity index (χ4v) is 3.22. The molecule has 0 spiro atoms. The summed E-state index contributed by atoms with van der Waals surface area (Å²) in [5.74, 6) is 1.38. The molecule has 0 aromatic rings. The molecule has 3 heteroatoms. The second-order valence-corrected chi connectivity index (χ2v) is 5.84. The largest absolute Gasteiger partial charge is 0.356 e. The van der Waals surface area contributed by atoms with Crippen LogP contribution in [0.3, 0.4) is 0 Å². The van der Waals surface area contributed by atoms with Crippen LogP contribution in [0.5, 0.6) is 0 Å². The lowest BCUT2D eigenvalue weighted by atomic mass is 9.86. The van der Waals surface area contributed by atoms with Crippen LogP contribution in [0, 0.1) is 11.8 Å². The molecule has 2 aliphatic rings. The molecular formula is C14H26N2O. The third-order valence-corrected chi connectivity index (χ3v) is 4.47. The van der Waals surface area contributed by atoms with Gasteiger partial charge in [-0.25, -0.2) is 0 Å². The van der Waals surface area contributed by atoms with Crippen LogP contribution in [0.2, 0.25) is 0 Å². The summed E-state index contributed by atoms with van der Waals surface area (Å²) in [6, 6.07) is 0.331. The van der Waals surface area contributed by atoms with Crippen molar-refractivity contribution >= 4 is 5.91 Å². The molecule has 98 valence electrons. The van der Waals surface area contributed by atoms with Crippen molar-refractivity contribution in [3.05, 3.63) is 0 Å². The highest BCUT2D eigenvalue weighted by atomic mass is 16.1. The third-order valence-electron chi connectivity index (χ3n) is 4.47. The lowest BCUT2D eigenvalue weighted by Gasteiger charge is -2.25. The first-order valence-corrected chi connectivity index (χ1v) is 7.29. The van der Waals surface area contributed by atoms with E-state index in [1.165, 1.54) is 32.1 Å². The van der Waals surface area contributed by atoms with Crippen molar-refractivity contribution in [2.45, 2.75) is 63.8 Å². The zero-order chi connectivity index (χ0) is 12.1. The fourth-order valence-electron chi connectivity index (χ4n) is 3.22. The number of carbonyl (C=O) groups is 1. The molecule has 3 N–H and O–H groups in total. The monoisotopic (exact) mass is 238 g/mol. The molecule has 0 aromatic carbocycles. The van der Waals surface area contributed by atoms with E-state index in [2.05, 4.69) is 5.32 Å². The first kappa shape index (κ1) is 12.9. The van der Waals surface area contributed by atoms with Gasteiger partial charge in [0.15, 0.2) is 0 Å². The van der Waals surface area contributed by atoms with E-state index < -0.39 is 0 Å². The first-order valence-electron chi connectivity index (χ1n) is 7.29. The van der Waals surface area contributed by atoms with Crippen LogP contribution >= 0.6 is 0 Å². The van der Waals surface area contributed by atoms with Crippen molar-refractivity contribution in [3.63, 3.8) is 0 Å². The molecule has 3 nitrogen and oxygen atoms in total. The minimum atomic E-state index is 0.235. The number of carbonyl (C=O) groups excluding carboxylic acids is 1. The second kappa shape index (κ2) is 6.39. The van der Waals surface area contributed by atoms with E-state index in [9.17, 15) is 4.79 Å². The zero-order valence-electron chi connectivity index (χ0n) is 10.8. The van der Waals surface area contributed by atoms with Crippen molar-refractivity contribution in [3.8, 4) is 0 Å². The van der Waals surface area contributed by atoms with Crippen LogP contribution in [0.4, 0.5) is 0 Å². The summed E-state index contributed by atoms with van der Waals surface area (Å²) in [4.78, 5) is 11.9. The van der Waals surface area contributed by atoms with E-state index in [0.29, 0.717) is 6.04 Å². The lowest BCUT2D eigenvalue weighted by Crippen LogP contribution is -2.36. The van der Waals surface area contributed by atoms with E-state index >= 15 is 0 Å². The summed E-state index contributed by atoms with van der Waals surface area (Å²) in [7, 11) is 0. The average Bonchev–Trinajstić information content (AvgIpc) is 2.83. The van der Waals surface area contributed by atoms with Gasteiger partial charge >= 0.3 is 0 Å². The summed E-state index contributed by atoms with van der Waals surface area (Å²) in [6.07, 6.45) is 10.7. The maximum absolute atomic E-state index is 11.9. The molecule has 0 radical (unpaired) electrons. The second-order valence-electron chi connectivity index (χ2n) is 5.84. The van der Waals surface area contributed by atoms with E-state index in [4.69, 9.17) is 5.73 Å². The Morgan fingerprint density at radius 3 is 2.35 bits per heavy atom. The molecule has 0 unspecified atom stereocenters. The third kappa shape index (κ3) is 3.98. The van der Waals surface area contributed by atoms with Gasteiger partial charge in [0, 0.05) is 18.5 Å². The fraction of sp³-hybridized carbons (Fsp3) is 0.929. The Balaban J connectivity index is 1.60. The standard InChI is InChI=1S/C14H26N2O/c15-13-7-5-12(6-8-13)14(17)16-10-9-11-3-1-2-4-11/h11-13H,1-10,15H2,(H,16,17). The maximum atomic E-state index is 11.9. The highest BCUT2D eigenvalue weighted by Gasteiger charge is 2.24. The molecule has 0 saturated heterocycles. The molecule has 0 atom stereocenters. The van der Waals surface area contributed by atoms with Gasteiger partial charge in [0.05, 0.1) is 0 Å². The minimum Gasteiger partial charge on any atom is -0.356 e. The Morgan fingerprint density at radius 2 is 1.71 bits per heavy atom. The summed E-state index contributed by atoms with van der Waals surface area (Å²) >= 11 is 0. The molecule has 0 aromatic heterocycles. The summed E-state index contributed by atoms with van der Waals surface area (Å²) in [5, 5.41) is 3.11. The highest BCUT2D eigenvalue weighted by molar-refractivity contribution is 5.78. The quantitative estimate of drug-likeness (QED) is 0.789. The van der Waals surface area contributed by atoms with Gasteiger partial charge in [-0.05, 0) is 38.0 Å². The number of nitrogens with one attached hydrogen (secondary N) is 1. The average molecular weight is 238 g/mol. The normalized spacial score (nSPS) is 30.4. The SMILES string of the molecule is NC1CCC(C(=O)NCCC2CCCC2)CC1. The highest BCUT2D eigenvalue weighted by Crippen LogP contribution is 2.27. The van der Waals surface area contributed by atoms with Gasteiger partial charge in [-0.2, -0.15) is 0 Å². The Kier molecular flexibility index (Phi) is 4.84. The minimum absolute atomic E-state index is 0.235. The molecule has 2 fully saturated rings. The van der Waals surface area contributed by atoms with Gasteiger partial charge in [-0.1, -0.05) is 25.7 Å². The van der Waals surface area contributed by atoms with Crippen LogP contribution in [-0.4, -0.2) is 18.5 Å². The zero-order valence-corrected chi connectivity index (χ0v) is 10.8. The van der Waals surface area contributed by atoms with Gasteiger partial charge in [0.25, 0.3) is 0 Å². The van der Waals surface area contributed by atoms with Gasteiger partial charge < -0.3 is 11.1 Å². The van der Waals surface area contributed by atoms with Gasteiger partial charge in [-0.3, -0.25) is 4.79 Å². The van der Waals surface area contributed by atoms with Crippen LogP contribution in [0.1, 0.15) is 57.8 Å². The summed E-state index contributed by atoms with van der Waals surface area (Å²) in [6.45, 7) is 0.881. The van der Waals surface area contributed by atoms with Gasteiger partial charge in [0.1, 0.15) is 0 Å². The first-order chi connectivity index (χ1) is 8.25. The van der Waals surface area contributed by atoms with Crippen molar-refractivity contribution in [2.24, 2.45) is 17.6 Å². The summed E-state index contributed by atoms with van der Waals surface area (Å²) in [5.41, 5.74) is 5.85. The topological polar surface area (TPSA) is 55.1 Å². The Morgan fingerprint density at radius 1 is 1.06 bits per heavy atom. The lowest BCUT2D eigenvalue weighted by molar-refractivity contribution is -0.126. The molecule has 1 amide bonds. The maximum Gasteiger partial charge on any atom is 0.223 e. The molecule has 2 rings (SSSR count). The van der Waals surface area contributed by atoms with Crippen molar-refractivity contribution in [1.82, 2.24) is 5.32 Å². The smallest absolute Gasteiger partial charge is 0.223 e. The predicted molar refractivity (Wildman–Crippen MR) is 69.5 cm³/mol. The van der Waals surface area contributed by atoms with Gasteiger partial charge in [0.2, 0.25) is 5.91 Å². The summed E-state index contributed by atoms with van der Waals surface area (Å²) < 4.78 is 0. The van der Waals surface area contributed by atoms with Crippen LogP contribution in [0.15, 0.2) is 0 Å². The molecule has 0 heterocycles. The molecule has 0 aliphatic heterocycles. The van der Waals surface area contributed by atoms with Gasteiger partial charge in [-0.15, -0.1) is 0 Å². The van der Waals surface area contributed by atoms with Crippen molar-refractivity contribution in [2.75, 3.05) is 6.54 Å². The van der Waals surface area contributed by atoms with Crippen LogP contribution in [-0.2, 0) is 4.79 Å². The van der Waals surface area contributed by atoms with Crippen LogP contribution in [0.25, 0.3) is 0 Å². The van der Waals surface area contributed by atoms with Crippen molar-refractivity contribution in [1.29, 1.82) is 0 Å². The molecule has 2 saturated carbocycles. The number of hydrogen-bond donors (Lipinski definition) is 2. The number of hydrogen-bond acceptors (Lipinski definition) is 2. The van der Waals surface area contributed by atoms with Crippen molar-refractivity contribution < 1.29 is 4.79 Å². The number of nitrogens with two attached hydrogens (primary N) is 1. The van der Waals surface area contributed by atoms with Crippen LogP contribution < -0.4 is 11.1 Å². The molecule has 17 heavy (non-hydrogen) atoms. The molecular weight excluding hydrogens is 212 g/mol. The van der Waals surface area contributed by atoms with E-state index in [-0.39, 0.29) is 11.8 Å². The predicted octanol–water partition coefficient (Wildman–Crippen LogP) is 2.20. The number of rotatable bonds is 4.